The van der Waals surface area contributed by atoms with Gasteiger partial charge in [0.2, 0.25) is 0 Å². The number of nitrogen functional groups attached to an aromatic ring is 1. The van der Waals surface area contributed by atoms with E-state index in [2.05, 4.69) is 25.8 Å². The summed E-state index contributed by atoms with van der Waals surface area (Å²) in [5.74, 6) is 2.41. The van der Waals surface area contributed by atoms with Crippen molar-refractivity contribution in [3.05, 3.63) is 23.0 Å². The first-order chi connectivity index (χ1) is 9.84. The van der Waals surface area contributed by atoms with Crippen LogP contribution in [0.2, 0.25) is 5.02 Å². The van der Waals surface area contributed by atoms with Gasteiger partial charge in [0.25, 0.3) is 0 Å². The van der Waals surface area contributed by atoms with Gasteiger partial charge in [0.05, 0.1) is 11.2 Å². The van der Waals surface area contributed by atoms with Crippen LogP contribution in [0.25, 0.3) is 11.0 Å². The number of H-pyrrole nitrogens is 1. The molecule has 1 aromatic heterocycles. The Kier molecular flexibility index (Phi) is 3.64. The Balaban J connectivity index is 1.81. The van der Waals surface area contributed by atoms with Crippen LogP contribution >= 0.6 is 11.6 Å². The molecule has 0 spiro atoms. The van der Waals surface area contributed by atoms with Crippen LogP contribution in [-0.2, 0) is 0 Å². The summed E-state index contributed by atoms with van der Waals surface area (Å²) in [7, 11) is 0. The molecule has 21 heavy (non-hydrogen) atoms. The predicted molar refractivity (Wildman–Crippen MR) is 89.7 cm³/mol. The number of aromatic amines is 1. The van der Waals surface area contributed by atoms with Crippen molar-refractivity contribution in [3.63, 3.8) is 0 Å². The number of nitrogens with one attached hydrogen (secondary N) is 1. The topological polar surface area (TPSA) is 54.7 Å². The zero-order valence-electron chi connectivity index (χ0n) is 13.0. The lowest BCUT2D eigenvalue weighted by atomic mass is 9.70. The highest BCUT2D eigenvalue weighted by molar-refractivity contribution is 6.31. The molecular weight excluding hydrogens is 282 g/mol. The molecule has 0 atom stereocenters. The molecule has 3 rings (SSSR count). The van der Waals surface area contributed by atoms with Gasteiger partial charge >= 0.3 is 0 Å². The van der Waals surface area contributed by atoms with Crippen LogP contribution in [0.15, 0.2) is 12.1 Å². The lowest BCUT2D eigenvalue weighted by Crippen LogP contribution is -2.25. The summed E-state index contributed by atoms with van der Waals surface area (Å²) in [5.41, 5.74) is 8.89. The standard InChI is InChI=1S/C17H24ClN3/c1-17(2,3)11-6-4-10(5-7-11)16-20-14-9-12(18)8-13(19)15(14)21-16/h8-11H,4-7,19H2,1-3H3,(H,20,21). The van der Waals surface area contributed by atoms with Crippen molar-refractivity contribution in [1.82, 2.24) is 9.97 Å². The van der Waals surface area contributed by atoms with E-state index in [1.54, 1.807) is 6.07 Å². The van der Waals surface area contributed by atoms with E-state index in [1.165, 1.54) is 25.7 Å². The van der Waals surface area contributed by atoms with Crippen molar-refractivity contribution >= 4 is 28.3 Å². The van der Waals surface area contributed by atoms with Gasteiger partial charge in [0.15, 0.2) is 0 Å². The summed E-state index contributed by atoms with van der Waals surface area (Å²) in [6.07, 6.45) is 4.97. The summed E-state index contributed by atoms with van der Waals surface area (Å²) >= 11 is 6.06. The number of fused-ring (bicyclic) bond motifs is 1. The molecule has 0 bridgehead atoms. The molecule has 3 N–H and O–H groups in total. The largest absolute Gasteiger partial charge is 0.397 e. The Bertz CT molecular complexity index is 646. The molecule has 1 saturated carbocycles. The van der Waals surface area contributed by atoms with Crippen LogP contribution in [0.4, 0.5) is 5.69 Å². The zero-order valence-corrected chi connectivity index (χ0v) is 13.8. The second-order valence-corrected chi connectivity index (χ2v) is 7.86. The highest BCUT2D eigenvalue weighted by atomic mass is 35.5. The minimum Gasteiger partial charge on any atom is -0.397 e. The third kappa shape index (κ3) is 2.89. The van der Waals surface area contributed by atoms with Crippen LogP contribution in [0.1, 0.15) is 58.2 Å². The maximum atomic E-state index is 6.06. The van der Waals surface area contributed by atoms with Crippen molar-refractivity contribution in [2.75, 3.05) is 5.73 Å². The quantitative estimate of drug-likeness (QED) is 0.719. The fourth-order valence-corrected chi connectivity index (χ4v) is 3.78. The number of imidazole rings is 1. The number of halogens is 1. The summed E-state index contributed by atoms with van der Waals surface area (Å²) in [6, 6.07) is 3.68. The molecule has 1 aromatic carbocycles. The molecule has 1 fully saturated rings. The van der Waals surface area contributed by atoms with Crippen molar-refractivity contribution < 1.29 is 0 Å². The van der Waals surface area contributed by atoms with E-state index >= 15 is 0 Å². The third-order valence-corrected chi connectivity index (χ3v) is 5.16. The van der Waals surface area contributed by atoms with Crippen molar-refractivity contribution in [3.8, 4) is 0 Å². The predicted octanol–water partition coefficient (Wildman–Crippen LogP) is 5.12. The molecule has 0 aliphatic heterocycles. The van der Waals surface area contributed by atoms with Crippen LogP contribution in [-0.4, -0.2) is 9.97 Å². The fourth-order valence-electron chi connectivity index (χ4n) is 3.55. The monoisotopic (exact) mass is 305 g/mol. The van der Waals surface area contributed by atoms with E-state index in [0.717, 1.165) is 22.8 Å². The highest BCUT2D eigenvalue weighted by Gasteiger charge is 2.31. The first-order valence-electron chi connectivity index (χ1n) is 7.79. The Labute approximate surface area is 131 Å². The van der Waals surface area contributed by atoms with E-state index in [9.17, 15) is 0 Å². The second-order valence-electron chi connectivity index (χ2n) is 7.43. The van der Waals surface area contributed by atoms with Crippen LogP contribution in [0.3, 0.4) is 0 Å². The number of hydrogen-bond donors (Lipinski definition) is 2. The third-order valence-electron chi connectivity index (χ3n) is 4.94. The molecule has 1 aliphatic carbocycles. The van der Waals surface area contributed by atoms with Crippen molar-refractivity contribution in [2.24, 2.45) is 11.3 Å². The maximum absolute atomic E-state index is 6.06. The minimum absolute atomic E-state index is 0.413. The van der Waals surface area contributed by atoms with Gasteiger partial charge in [0, 0.05) is 10.9 Å². The number of rotatable bonds is 1. The van der Waals surface area contributed by atoms with Gasteiger partial charge in [-0.2, -0.15) is 0 Å². The number of anilines is 1. The van der Waals surface area contributed by atoms with Crippen LogP contribution in [0, 0.1) is 11.3 Å². The molecule has 1 aliphatic rings. The Morgan fingerprint density at radius 2 is 1.86 bits per heavy atom. The SMILES string of the molecule is CC(C)(C)C1CCC(c2nc3c(N)cc(Cl)cc3[nH]2)CC1. The van der Waals surface area contributed by atoms with Gasteiger partial charge < -0.3 is 10.7 Å². The van der Waals surface area contributed by atoms with Gasteiger partial charge in [-0.05, 0) is 49.1 Å². The number of nitrogens with zero attached hydrogens (tertiary/aromatic N) is 1. The molecule has 3 nitrogen and oxygen atoms in total. The highest BCUT2D eigenvalue weighted by Crippen LogP contribution is 2.43. The van der Waals surface area contributed by atoms with E-state index in [-0.39, 0.29) is 0 Å². The molecule has 4 heteroatoms. The molecule has 114 valence electrons. The lowest BCUT2D eigenvalue weighted by Gasteiger charge is -2.36. The molecule has 2 aromatic rings. The number of aromatic nitrogens is 2. The smallest absolute Gasteiger partial charge is 0.112 e. The molecular formula is C17H24ClN3. The van der Waals surface area contributed by atoms with Gasteiger partial charge in [-0.1, -0.05) is 32.4 Å². The van der Waals surface area contributed by atoms with E-state index < -0.39 is 0 Å². The van der Waals surface area contributed by atoms with Crippen molar-refractivity contribution in [1.29, 1.82) is 0 Å². The summed E-state index contributed by atoms with van der Waals surface area (Å²) in [6.45, 7) is 7.05. The fraction of sp³-hybridized carbons (Fsp3) is 0.588. The normalized spacial score (nSPS) is 23.6. The second kappa shape index (κ2) is 5.20. The molecule has 0 radical (unpaired) electrons. The Morgan fingerprint density at radius 1 is 1.19 bits per heavy atom. The van der Waals surface area contributed by atoms with Gasteiger partial charge in [-0.25, -0.2) is 4.98 Å². The molecule has 0 amide bonds. The number of nitrogens with two attached hydrogens (primary N) is 1. The lowest BCUT2D eigenvalue weighted by molar-refractivity contribution is 0.167. The Morgan fingerprint density at radius 3 is 2.48 bits per heavy atom. The van der Waals surface area contributed by atoms with Crippen LogP contribution < -0.4 is 5.73 Å². The van der Waals surface area contributed by atoms with E-state index in [4.69, 9.17) is 22.3 Å². The first-order valence-corrected chi connectivity index (χ1v) is 8.17. The first kappa shape index (κ1) is 14.7. The Hall–Kier alpha value is -1.22. The van der Waals surface area contributed by atoms with Crippen LogP contribution in [0.5, 0.6) is 0 Å². The summed E-state index contributed by atoms with van der Waals surface area (Å²) in [5, 5.41) is 0.659. The van der Waals surface area contributed by atoms with E-state index in [1.807, 2.05) is 6.07 Å². The number of hydrogen-bond acceptors (Lipinski definition) is 2. The van der Waals surface area contributed by atoms with Gasteiger partial charge in [-0.15, -0.1) is 0 Å². The average Bonchev–Trinajstić information content (AvgIpc) is 2.82. The maximum Gasteiger partial charge on any atom is 0.112 e. The average molecular weight is 306 g/mol. The summed E-state index contributed by atoms with van der Waals surface area (Å²) < 4.78 is 0. The molecule has 1 heterocycles. The zero-order chi connectivity index (χ0) is 15.2. The molecule has 0 saturated heterocycles. The molecule has 0 unspecified atom stereocenters. The van der Waals surface area contributed by atoms with E-state index in [0.29, 0.717) is 22.0 Å². The van der Waals surface area contributed by atoms with Crippen molar-refractivity contribution in [2.45, 2.75) is 52.4 Å². The van der Waals surface area contributed by atoms with Gasteiger partial charge in [-0.3, -0.25) is 0 Å². The minimum atomic E-state index is 0.413. The van der Waals surface area contributed by atoms with Gasteiger partial charge in [0.1, 0.15) is 11.3 Å². The summed E-state index contributed by atoms with van der Waals surface area (Å²) in [4.78, 5) is 8.15. The number of benzene rings is 1.